The van der Waals surface area contributed by atoms with E-state index in [9.17, 15) is 0 Å². The summed E-state index contributed by atoms with van der Waals surface area (Å²) >= 11 is 0. The van der Waals surface area contributed by atoms with E-state index in [1.54, 1.807) is 0 Å². The van der Waals surface area contributed by atoms with Crippen LogP contribution in [0.1, 0.15) is 51.4 Å². The van der Waals surface area contributed by atoms with E-state index in [1.165, 1.54) is 38.5 Å². The van der Waals surface area contributed by atoms with Gasteiger partial charge in [-0.25, -0.2) is 4.99 Å². The molecule has 2 aliphatic rings. The smallest absolute Gasteiger partial charge is 0.197 e. The Kier molecular flexibility index (Phi) is 9.76. The average Bonchev–Trinajstić information content (AvgIpc) is 2.76. The van der Waals surface area contributed by atoms with Crippen LogP contribution >= 0.6 is 24.8 Å². The minimum absolute atomic E-state index is 0. The molecule has 0 amide bonds. The molecule has 0 aromatic carbocycles. The van der Waals surface area contributed by atoms with Crippen molar-refractivity contribution in [3.8, 4) is 0 Å². The van der Waals surface area contributed by atoms with Crippen LogP contribution in [0.25, 0.3) is 0 Å². The first-order chi connectivity index (χ1) is 8.75. The highest BCUT2D eigenvalue weighted by atomic mass is 35.5. The van der Waals surface area contributed by atoms with Gasteiger partial charge in [0.2, 0.25) is 0 Å². The molecule has 0 aromatic heterocycles. The van der Waals surface area contributed by atoms with Crippen molar-refractivity contribution in [1.82, 2.24) is 10.2 Å². The lowest BCUT2D eigenvalue weighted by atomic mass is 10.1. The molecule has 1 saturated heterocycles. The second-order valence-electron chi connectivity index (χ2n) is 5.33. The molecule has 1 saturated carbocycles. The first-order valence-electron chi connectivity index (χ1n) is 7.19. The van der Waals surface area contributed by atoms with E-state index in [4.69, 9.17) is 11.1 Å². The number of guanidine groups is 2. The van der Waals surface area contributed by atoms with Crippen LogP contribution in [0.15, 0.2) is 4.99 Å². The Bertz CT molecular complexity index is 308. The molecular weight excluding hydrogens is 297 g/mol. The van der Waals surface area contributed by atoms with Crippen LogP contribution in [0.2, 0.25) is 0 Å². The van der Waals surface area contributed by atoms with Crippen molar-refractivity contribution in [2.45, 2.75) is 57.4 Å². The van der Waals surface area contributed by atoms with E-state index in [-0.39, 0.29) is 24.8 Å². The number of nitrogens with zero attached hydrogens (tertiary/aromatic N) is 2. The molecule has 20 heavy (non-hydrogen) atoms. The van der Waals surface area contributed by atoms with Gasteiger partial charge in [-0.1, -0.05) is 25.7 Å². The molecule has 0 aromatic rings. The van der Waals surface area contributed by atoms with Crippen LogP contribution in [-0.4, -0.2) is 36.0 Å². The minimum atomic E-state index is 0. The number of likely N-dealkylation sites (tertiary alicyclic amines) is 1. The van der Waals surface area contributed by atoms with Crippen LogP contribution < -0.4 is 11.1 Å². The number of nitrogens with two attached hydrogens (primary N) is 1. The summed E-state index contributed by atoms with van der Waals surface area (Å²) in [6, 6.07) is 0.353. The Morgan fingerprint density at radius 2 is 1.55 bits per heavy atom. The predicted octanol–water partition coefficient (Wildman–Crippen LogP) is 2.49. The van der Waals surface area contributed by atoms with Crippen LogP contribution in [0.4, 0.5) is 0 Å². The summed E-state index contributed by atoms with van der Waals surface area (Å²) in [5.74, 6) is 0.821. The normalized spacial score (nSPS) is 20.6. The number of hydrogen-bond acceptors (Lipinski definition) is 2. The number of aliphatic imine (C=N–C) groups is 1. The maximum Gasteiger partial charge on any atom is 0.197 e. The monoisotopic (exact) mass is 323 g/mol. The van der Waals surface area contributed by atoms with E-state index in [2.05, 4.69) is 10.3 Å². The Labute approximate surface area is 134 Å². The first-order valence-corrected chi connectivity index (χ1v) is 7.19. The largest absolute Gasteiger partial charge is 0.370 e. The van der Waals surface area contributed by atoms with Crippen LogP contribution in [0.5, 0.6) is 0 Å². The topological polar surface area (TPSA) is 77.5 Å². The third-order valence-corrected chi connectivity index (χ3v) is 3.82. The van der Waals surface area contributed by atoms with Crippen LogP contribution in [0.3, 0.4) is 0 Å². The maximum atomic E-state index is 7.93. The molecule has 1 heterocycles. The molecule has 0 atom stereocenters. The summed E-state index contributed by atoms with van der Waals surface area (Å²) in [6.07, 6.45) is 9.77. The van der Waals surface area contributed by atoms with E-state index in [1.807, 2.05) is 4.90 Å². The fourth-order valence-electron chi connectivity index (χ4n) is 2.76. The average molecular weight is 324 g/mol. The molecule has 2 rings (SSSR count). The molecule has 118 valence electrons. The van der Waals surface area contributed by atoms with E-state index >= 15 is 0 Å². The third-order valence-electron chi connectivity index (χ3n) is 3.82. The molecule has 0 bridgehead atoms. The van der Waals surface area contributed by atoms with Crippen molar-refractivity contribution in [2.75, 3.05) is 13.1 Å². The number of halogens is 2. The van der Waals surface area contributed by atoms with Crippen molar-refractivity contribution in [3.05, 3.63) is 0 Å². The van der Waals surface area contributed by atoms with Gasteiger partial charge in [0, 0.05) is 13.1 Å². The van der Waals surface area contributed by atoms with Gasteiger partial charge in [-0.15, -0.1) is 24.8 Å². The van der Waals surface area contributed by atoms with Crippen molar-refractivity contribution >= 4 is 36.7 Å². The lowest BCUT2D eigenvalue weighted by molar-refractivity contribution is 0.502. The first kappa shape index (κ1) is 19.3. The summed E-state index contributed by atoms with van der Waals surface area (Å²) < 4.78 is 0. The fraction of sp³-hybridized carbons (Fsp3) is 0.846. The Hall–Kier alpha value is -0.680. The summed E-state index contributed by atoms with van der Waals surface area (Å²) in [6.45, 7) is 1.92. The molecule has 7 heteroatoms. The summed E-state index contributed by atoms with van der Waals surface area (Å²) in [4.78, 5) is 6.55. The van der Waals surface area contributed by atoms with Crippen LogP contribution in [-0.2, 0) is 0 Å². The van der Waals surface area contributed by atoms with E-state index in [0.717, 1.165) is 25.9 Å². The zero-order chi connectivity index (χ0) is 12.8. The van der Waals surface area contributed by atoms with Gasteiger partial charge in [0.1, 0.15) is 0 Å². The molecule has 0 radical (unpaired) electrons. The molecule has 1 aliphatic carbocycles. The second-order valence-corrected chi connectivity index (χ2v) is 5.33. The SMILES string of the molecule is Cl.Cl.N=C(NC(N)=NC1CCCCCC1)N1CCCC1. The minimum Gasteiger partial charge on any atom is -0.370 e. The lowest BCUT2D eigenvalue weighted by Crippen LogP contribution is -2.45. The van der Waals surface area contributed by atoms with Crippen LogP contribution in [0, 0.1) is 5.41 Å². The molecular formula is C13H27Cl2N5. The molecule has 0 spiro atoms. The zero-order valence-corrected chi connectivity index (χ0v) is 13.6. The molecule has 1 aliphatic heterocycles. The lowest BCUT2D eigenvalue weighted by Gasteiger charge is -2.19. The maximum absolute atomic E-state index is 7.93. The van der Waals surface area contributed by atoms with Gasteiger partial charge in [0.15, 0.2) is 11.9 Å². The van der Waals surface area contributed by atoms with Gasteiger partial charge in [-0.2, -0.15) is 0 Å². The molecule has 5 nitrogen and oxygen atoms in total. The highest BCUT2D eigenvalue weighted by molar-refractivity contribution is 5.96. The molecule has 2 fully saturated rings. The van der Waals surface area contributed by atoms with E-state index < -0.39 is 0 Å². The Morgan fingerprint density at radius 1 is 1.00 bits per heavy atom. The Morgan fingerprint density at radius 3 is 2.10 bits per heavy atom. The number of hydrogen-bond donors (Lipinski definition) is 3. The van der Waals surface area contributed by atoms with Gasteiger partial charge in [-0.05, 0) is 25.7 Å². The number of rotatable bonds is 1. The molecule has 0 unspecified atom stereocenters. The summed E-state index contributed by atoms with van der Waals surface area (Å²) in [7, 11) is 0. The standard InChI is InChI=1S/C13H25N5.2ClH/c14-12(16-11-7-3-1-2-4-8-11)17-13(15)18-9-5-6-10-18;;/h11H,1-10H2,(H4,14,15,16,17);2*1H. The summed E-state index contributed by atoms with van der Waals surface area (Å²) in [5.41, 5.74) is 5.90. The number of nitrogens with one attached hydrogen (secondary N) is 2. The quantitative estimate of drug-likeness (QED) is 0.394. The van der Waals surface area contributed by atoms with Gasteiger partial charge in [-0.3, -0.25) is 10.7 Å². The van der Waals surface area contributed by atoms with Gasteiger partial charge in [0.25, 0.3) is 0 Å². The molecule has 4 N–H and O–H groups in total. The predicted molar refractivity (Wildman–Crippen MR) is 89.3 cm³/mol. The highest BCUT2D eigenvalue weighted by Gasteiger charge is 2.16. The van der Waals surface area contributed by atoms with Crippen molar-refractivity contribution < 1.29 is 0 Å². The van der Waals surface area contributed by atoms with Gasteiger partial charge in [0.05, 0.1) is 6.04 Å². The van der Waals surface area contributed by atoms with Gasteiger partial charge >= 0.3 is 0 Å². The Balaban J connectivity index is 0.00000180. The fourth-order valence-corrected chi connectivity index (χ4v) is 2.76. The zero-order valence-electron chi connectivity index (χ0n) is 11.9. The highest BCUT2D eigenvalue weighted by Crippen LogP contribution is 2.19. The van der Waals surface area contributed by atoms with Crippen molar-refractivity contribution in [3.63, 3.8) is 0 Å². The van der Waals surface area contributed by atoms with Gasteiger partial charge < -0.3 is 10.6 Å². The van der Waals surface area contributed by atoms with Crippen molar-refractivity contribution in [1.29, 1.82) is 5.41 Å². The third kappa shape index (κ3) is 6.18. The van der Waals surface area contributed by atoms with E-state index in [0.29, 0.717) is 18.0 Å². The second kappa shape index (κ2) is 10.1. The summed E-state index contributed by atoms with van der Waals surface area (Å²) in [5, 5.41) is 10.9. The van der Waals surface area contributed by atoms with Crippen molar-refractivity contribution in [2.24, 2.45) is 10.7 Å².